The van der Waals surface area contributed by atoms with Crippen molar-refractivity contribution >= 4 is 43.1 Å². The van der Waals surface area contributed by atoms with Gasteiger partial charge in [0.1, 0.15) is 0 Å². The molecule has 0 heterocycles. The van der Waals surface area contributed by atoms with Crippen LogP contribution in [-0.2, 0) is 5.41 Å². The maximum absolute atomic E-state index is 2.42. The Hall–Kier alpha value is -8.06. The molecule has 0 N–H and O–H groups in total. The minimum absolute atomic E-state index is 0.440. The second kappa shape index (κ2) is 14.0. The highest BCUT2D eigenvalue weighted by Gasteiger charge is 2.46. The molecule has 0 atom stereocenters. The summed E-state index contributed by atoms with van der Waals surface area (Å²) in [6.45, 7) is 0. The largest absolute Gasteiger partial charge is 0.0713 e. The lowest BCUT2D eigenvalue weighted by Crippen LogP contribution is -2.28. The summed E-state index contributed by atoms with van der Waals surface area (Å²) >= 11 is 0. The number of hydrogen-bond donors (Lipinski definition) is 0. The van der Waals surface area contributed by atoms with Crippen LogP contribution in [0, 0.1) is 0 Å². The lowest BCUT2D eigenvalue weighted by atomic mass is 9.67. The van der Waals surface area contributed by atoms with E-state index in [0.717, 1.165) is 0 Å². The van der Waals surface area contributed by atoms with Gasteiger partial charge in [0.2, 0.25) is 0 Å². The minimum Gasteiger partial charge on any atom is -0.0622 e. The van der Waals surface area contributed by atoms with Crippen LogP contribution in [0.4, 0.5) is 0 Å². The zero-order chi connectivity index (χ0) is 41.5. The summed E-state index contributed by atoms with van der Waals surface area (Å²) < 4.78 is 0. The summed E-state index contributed by atoms with van der Waals surface area (Å²) in [7, 11) is 0. The smallest absolute Gasteiger partial charge is 0.0622 e. The van der Waals surface area contributed by atoms with Crippen LogP contribution < -0.4 is 0 Å². The van der Waals surface area contributed by atoms with Crippen molar-refractivity contribution in [2.75, 3.05) is 0 Å². The first-order valence-electron chi connectivity index (χ1n) is 22.0. The van der Waals surface area contributed by atoms with E-state index >= 15 is 0 Å². The van der Waals surface area contributed by atoms with Gasteiger partial charge in [-0.15, -0.1) is 0 Å². The third kappa shape index (κ3) is 5.35. The van der Waals surface area contributed by atoms with Crippen LogP contribution in [0.2, 0.25) is 0 Å². The molecule has 13 rings (SSSR count). The van der Waals surface area contributed by atoms with Crippen molar-refractivity contribution < 1.29 is 0 Å². The average molecular weight is 797 g/mol. The molecule has 0 radical (unpaired) electrons. The second-order valence-corrected chi connectivity index (χ2v) is 17.1. The monoisotopic (exact) mass is 796 g/mol. The molecule has 0 saturated carbocycles. The zero-order valence-electron chi connectivity index (χ0n) is 34.6. The van der Waals surface area contributed by atoms with Gasteiger partial charge in [0.25, 0.3) is 0 Å². The Morgan fingerprint density at radius 2 is 0.698 bits per heavy atom. The summed E-state index contributed by atoms with van der Waals surface area (Å²) in [5.41, 5.74) is 17.3. The Morgan fingerprint density at radius 1 is 0.238 bits per heavy atom. The van der Waals surface area contributed by atoms with Gasteiger partial charge in [0.15, 0.2) is 0 Å². The molecule has 12 aromatic rings. The van der Waals surface area contributed by atoms with Crippen LogP contribution in [-0.4, -0.2) is 0 Å². The molecule has 0 nitrogen and oxygen atoms in total. The van der Waals surface area contributed by atoms with Gasteiger partial charge in [-0.1, -0.05) is 224 Å². The van der Waals surface area contributed by atoms with Crippen molar-refractivity contribution in [3.05, 3.63) is 265 Å². The highest BCUT2D eigenvalue weighted by atomic mass is 14.5. The van der Waals surface area contributed by atoms with Gasteiger partial charge in [0.05, 0.1) is 5.41 Å². The van der Waals surface area contributed by atoms with Crippen LogP contribution in [0.25, 0.3) is 98.7 Å². The van der Waals surface area contributed by atoms with Crippen LogP contribution in [0.5, 0.6) is 0 Å². The van der Waals surface area contributed by atoms with E-state index in [0.29, 0.717) is 0 Å². The van der Waals surface area contributed by atoms with Gasteiger partial charge >= 0.3 is 0 Å². The van der Waals surface area contributed by atoms with E-state index in [1.165, 1.54) is 121 Å². The lowest BCUT2D eigenvalue weighted by molar-refractivity contribution is 0.768. The van der Waals surface area contributed by atoms with Crippen LogP contribution in [0.3, 0.4) is 0 Å². The maximum Gasteiger partial charge on any atom is 0.0713 e. The summed E-state index contributed by atoms with van der Waals surface area (Å²) in [4.78, 5) is 0. The summed E-state index contributed by atoms with van der Waals surface area (Å²) in [6.07, 6.45) is 0. The molecule has 1 aliphatic carbocycles. The van der Waals surface area contributed by atoms with E-state index in [9.17, 15) is 0 Å². The van der Waals surface area contributed by atoms with E-state index in [1.54, 1.807) is 0 Å². The molecule has 0 unspecified atom stereocenters. The normalized spacial score (nSPS) is 12.9. The Balaban J connectivity index is 0.961. The standard InChI is InChI=1S/C63H40/c1-3-20-50(21-4-1)63(51-22-5-2-6-23-51)58-26-10-9-24-57(58)62-54(25-13-27-59(62)63)49-19-12-18-48(40-49)53-35-31-43-32-36-55-52(34-30-42-33-37-56(53)61(43)60(42)55)47-17-11-16-45(39-47)46-29-28-41-14-7-8-15-44(41)38-46/h1-40H. The molecule has 0 spiro atoms. The van der Waals surface area contributed by atoms with E-state index in [1.807, 2.05) is 0 Å². The van der Waals surface area contributed by atoms with Crippen molar-refractivity contribution in [1.82, 2.24) is 0 Å². The molecule has 0 bridgehead atoms. The molecule has 0 heteroatoms. The number of fused-ring (bicyclic) bond motifs is 4. The first-order chi connectivity index (χ1) is 31.2. The summed E-state index contributed by atoms with van der Waals surface area (Å²) in [6, 6.07) is 90.4. The second-order valence-electron chi connectivity index (χ2n) is 17.1. The minimum atomic E-state index is -0.440. The van der Waals surface area contributed by atoms with Gasteiger partial charge in [-0.05, 0) is 139 Å². The van der Waals surface area contributed by atoms with Crippen molar-refractivity contribution in [3.63, 3.8) is 0 Å². The van der Waals surface area contributed by atoms with Gasteiger partial charge in [-0.2, -0.15) is 0 Å². The Kier molecular flexibility index (Phi) is 7.92. The molecular formula is C63H40. The highest BCUT2D eigenvalue weighted by molar-refractivity contribution is 6.27. The van der Waals surface area contributed by atoms with E-state index < -0.39 is 5.41 Å². The Labute approximate surface area is 367 Å². The fourth-order valence-corrected chi connectivity index (χ4v) is 11.1. The predicted octanol–water partition coefficient (Wildman–Crippen LogP) is 16.8. The first-order valence-corrected chi connectivity index (χ1v) is 22.0. The van der Waals surface area contributed by atoms with Gasteiger partial charge in [-0.3, -0.25) is 0 Å². The van der Waals surface area contributed by atoms with Gasteiger partial charge in [-0.25, -0.2) is 0 Å². The number of hydrogen-bond acceptors (Lipinski definition) is 0. The molecule has 1 aliphatic rings. The predicted molar refractivity (Wildman–Crippen MR) is 267 cm³/mol. The van der Waals surface area contributed by atoms with Crippen molar-refractivity contribution in [2.24, 2.45) is 0 Å². The average Bonchev–Trinajstić information content (AvgIpc) is 3.67. The molecule has 12 aromatic carbocycles. The molecule has 0 aromatic heterocycles. The summed E-state index contributed by atoms with van der Waals surface area (Å²) in [5, 5.41) is 10.3. The van der Waals surface area contributed by atoms with Gasteiger partial charge < -0.3 is 0 Å². The van der Waals surface area contributed by atoms with Crippen molar-refractivity contribution in [1.29, 1.82) is 0 Å². The fourth-order valence-electron chi connectivity index (χ4n) is 11.1. The van der Waals surface area contributed by atoms with Gasteiger partial charge in [0, 0.05) is 0 Å². The zero-order valence-corrected chi connectivity index (χ0v) is 34.6. The van der Waals surface area contributed by atoms with E-state index in [-0.39, 0.29) is 0 Å². The quantitative estimate of drug-likeness (QED) is 0.147. The summed E-state index contributed by atoms with van der Waals surface area (Å²) in [5.74, 6) is 0. The van der Waals surface area contributed by atoms with Crippen molar-refractivity contribution in [2.45, 2.75) is 5.41 Å². The third-order valence-corrected chi connectivity index (χ3v) is 13.9. The number of rotatable bonds is 6. The molecule has 0 aliphatic heterocycles. The fraction of sp³-hybridized carbons (Fsp3) is 0.0159. The lowest BCUT2D eigenvalue weighted by Gasteiger charge is -2.34. The molecule has 0 saturated heterocycles. The highest BCUT2D eigenvalue weighted by Crippen LogP contribution is 2.58. The molecule has 0 fully saturated rings. The van der Waals surface area contributed by atoms with E-state index in [4.69, 9.17) is 0 Å². The molecule has 63 heavy (non-hydrogen) atoms. The van der Waals surface area contributed by atoms with Crippen LogP contribution in [0.1, 0.15) is 22.3 Å². The third-order valence-electron chi connectivity index (χ3n) is 13.9. The first kappa shape index (κ1) is 35.7. The SMILES string of the molecule is c1ccc(C2(c3ccccc3)c3ccccc3-c3c(-c4cccc(-c5ccc6ccc7c(-c8cccc(-c9ccc%10ccccc%10c9)c8)ccc8ccc5c6c87)c4)cccc32)cc1. The molecule has 0 amide bonds. The van der Waals surface area contributed by atoms with Crippen LogP contribution >= 0.6 is 0 Å². The van der Waals surface area contributed by atoms with Crippen molar-refractivity contribution in [3.8, 4) is 55.6 Å². The Morgan fingerprint density at radius 3 is 1.37 bits per heavy atom. The topological polar surface area (TPSA) is 0 Å². The van der Waals surface area contributed by atoms with Crippen LogP contribution in [0.15, 0.2) is 243 Å². The van der Waals surface area contributed by atoms with E-state index in [2.05, 4.69) is 243 Å². The maximum atomic E-state index is 2.42. The molecular weight excluding hydrogens is 757 g/mol. The molecule has 292 valence electrons. The Bertz CT molecular complexity index is 3690. The number of benzene rings is 12.